The number of aromatic nitrogens is 2. The first kappa shape index (κ1) is 22.2. The van der Waals surface area contributed by atoms with Crippen LogP contribution < -0.4 is 15.5 Å². The standard InChI is InChI=1S/C24H24FN5O3/c1-15-12-21-22(32)30(20-10-8-19(9-11-20)27-16(2)31)24(3,14-29(21)28-15)23(33)26-13-17-4-6-18(25)7-5-17/h4-12H,13-14H2,1-3H3,(H,26,33)(H,27,31)/t24-/m0/s1. The lowest BCUT2D eigenvalue weighted by molar-refractivity contribution is -0.126. The third-order valence-electron chi connectivity index (χ3n) is 5.58. The van der Waals surface area contributed by atoms with Gasteiger partial charge in [-0.15, -0.1) is 0 Å². The highest BCUT2D eigenvalue weighted by molar-refractivity contribution is 6.12. The van der Waals surface area contributed by atoms with Crippen molar-refractivity contribution in [2.24, 2.45) is 0 Å². The van der Waals surface area contributed by atoms with Gasteiger partial charge in [0.05, 0.1) is 12.2 Å². The van der Waals surface area contributed by atoms with Gasteiger partial charge < -0.3 is 10.6 Å². The summed E-state index contributed by atoms with van der Waals surface area (Å²) in [4.78, 5) is 39.7. The number of nitrogens with one attached hydrogen (secondary N) is 2. The Morgan fingerprint density at radius 1 is 1.12 bits per heavy atom. The molecule has 2 N–H and O–H groups in total. The van der Waals surface area contributed by atoms with Crippen LogP contribution >= 0.6 is 0 Å². The van der Waals surface area contributed by atoms with E-state index in [1.807, 2.05) is 0 Å². The lowest BCUT2D eigenvalue weighted by Crippen LogP contribution is -2.64. The molecule has 8 nitrogen and oxygen atoms in total. The fraction of sp³-hybridized carbons (Fsp3) is 0.250. The molecule has 3 aromatic rings. The van der Waals surface area contributed by atoms with Gasteiger partial charge in [0.25, 0.3) is 5.91 Å². The summed E-state index contributed by atoms with van der Waals surface area (Å²) in [6.07, 6.45) is 0. The van der Waals surface area contributed by atoms with E-state index in [0.29, 0.717) is 22.8 Å². The molecular weight excluding hydrogens is 425 g/mol. The van der Waals surface area contributed by atoms with Crippen molar-refractivity contribution in [3.05, 3.63) is 77.4 Å². The second kappa shape index (κ2) is 8.50. The molecule has 170 valence electrons. The van der Waals surface area contributed by atoms with Crippen LogP contribution in [0.4, 0.5) is 15.8 Å². The first-order valence-electron chi connectivity index (χ1n) is 10.5. The summed E-state index contributed by atoms with van der Waals surface area (Å²) in [5, 5.41) is 9.94. The minimum absolute atomic E-state index is 0.157. The largest absolute Gasteiger partial charge is 0.350 e. The molecule has 0 fully saturated rings. The van der Waals surface area contributed by atoms with Crippen LogP contribution in [-0.4, -0.2) is 33.0 Å². The summed E-state index contributed by atoms with van der Waals surface area (Å²) < 4.78 is 14.7. The van der Waals surface area contributed by atoms with E-state index in [1.54, 1.807) is 61.0 Å². The molecule has 0 saturated heterocycles. The average Bonchev–Trinajstić information content (AvgIpc) is 3.14. The summed E-state index contributed by atoms with van der Waals surface area (Å²) in [7, 11) is 0. The molecule has 9 heteroatoms. The lowest BCUT2D eigenvalue weighted by Gasteiger charge is -2.43. The van der Waals surface area contributed by atoms with Gasteiger partial charge in [-0.05, 0) is 61.9 Å². The van der Waals surface area contributed by atoms with Gasteiger partial charge in [-0.2, -0.15) is 5.10 Å². The highest BCUT2D eigenvalue weighted by Crippen LogP contribution is 2.33. The van der Waals surface area contributed by atoms with Gasteiger partial charge in [-0.1, -0.05) is 12.1 Å². The monoisotopic (exact) mass is 449 g/mol. The highest BCUT2D eigenvalue weighted by Gasteiger charge is 2.48. The Balaban J connectivity index is 1.67. The van der Waals surface area contributed by atoms with Crippen molar-refractivity contribution in [3.8, 4) is 0 Å². The Kier molecular flexibility index (Phi) is 5.71. The fourth-order valence-electron chi connectivity index (χ4n) is 3.99. The number of halogens is 1. The van der Waals surface area contributed by atoms with E-state index in [0.717, 1.165) is 5.56 Å². The SMILES string of the molecule is CC(=O)Nc1ccc(N2C(=O)c3cc(C)nn3C[C@@]2(C)C(=O)NCc2ccc(F)cc2)cc1. The lowest BCUT2D eigenvalue weighted by atomic mass is 9.93. The van der Waals surface area contributed by atoms with E-state index in [-0.39, 0.29) is 36.6 Å². The number of nitrogens with zero attached hydrogens (tertiary/aromatic N) is 3. The van der Waals surface area contributed by atoms with Crippen LogP contribution in [0, 0.1) is 12.7 Å². The molecule has 1 atom stereocenters. The fourth-order valence-corrected chi connectivity index (χ4v) is 3.99. The van der Waals surface area contributed by atoms with Gasteiger partial charge in [0.2, 0.25) is 11.8 Å². The number of carbonyl (C=O) groups excluding carboxylic acids is 3. The van der Waals surface area contributed by atoms with Crippen LogP contribution in [-0.2, 0) is 22.7 Å². The van der Waals surface area contributed by atoms with Gasteiger partial charge in [0, 0.05) is 24.8 Å². The Bertz CT molecular complexity index is 1220. The molecule has 0 radical (unpaired) electrons. The second-order valence-electron chi connectivity index (χ2n) is 8.28. The Morgan fingerprint density at radius 3 is 2.42 bits per heavy atom. The molecule has 2 aromatic carbocycles. The molecule has 2 heterocycles. The van der Waals surface area contributed by atoms with Crippen LogP contribution in [0.15, 0.2) is 54.6 Å². The smallest absolute Gasteiger partial charge is 0.277 e. The molecule has 0 spiro atoms. The number of fused-ring (bicyclic) bond motifs is 1. The van der Waals surface area contributed by atoms with Crippen molar-refractivity contribution in [1.29, 1.82) is 0 Å². The van der Waals surface area contributed by atoms with Crippen molar-refractivity contribution in [3.63, 3.8) is 0 Å². The molecule has 1 aliphatic rings. The first-order valence-corrected chi connectivity index (χ1v) is 10.5. The van der Waals surface area contributed by atoms with E-state index >= 15 is 0 Å². The number of amides is 3. The topological polar surface area (TPSA) is 96.3 Å². The number of hydrogen-bond donors (Lipinski definition) is 2. The predicted molar refractivity (Wildman–Crippen MR) is 121 cm³/mol. The molecule has 0 aliphatic carbocycles. The van der Waals surface area contributed by atoms with Crippen molar-refractivity contribution >= 4 is 29.1 Å². The summed E-state index contributed by atoms with van der Waals surface area (Å²) in [5.74, 6) is -1.29. The molecule has 0 unspecified atom stereocenters. The zero-order valence-electron chi connectivity index (χ0n) is 18.6. The van der Waals surface area contributed by atoms with Gasteiger partial charge in [-0.25, -0.2) is 4.39 Å². The number of carbonyl (C=O) groups is 3. The number of aryl methyl sites for hydroxylation is 1. The maximum atomic E-state index is 13.5. The second-order valence-corrected chi connectivity index (χ2v) is 8.28. The van der Waals surface area contributed by atoms with Crippen molar-refractivity contribution < 1.29 is 18.8 Å². The Hall–Kier alpha value is -4.01. The quantitative estimate of drug-likeness (QED) is 0.626. The first-order chi connectivity index (χ1) is 15.7. The molecule has 4 rings (SSSR count). The number of benzene rings is 2. The van der Waals surface area contributed by atoms with Gasteiger partial charge >= 0.3 is 0 Å². The minimum Gasteiger partial charge on any atom is -0.350 e. The molecule has 3 amide bonds. The Labute approximate surface area is 190 Å². The highest BCUT2D eigenvalue weighted by atomic mass is 19.1. The minimum atomic E-state index is -1.28. The molecule has 1 aromatic heterocycles. The van der Waals surface area contributed by atoms with Gasteiger partial charge in [0.15, 0.2) is 0 Å². The van der Waals surface area contributed by atoms with Crippen LogP contribution in [0.5, 0.6) is 0 Å². The molecular formula is C24H24FN5O3. The predicted octanol–water partition coefficient (Wildman–Crippen LogP) is 3.02. The summed E-state index contributed by atoms with van der Waals surface area (Å²) in [6, 6.07) is 14.3. The van der Waals surface area contributed by atoms with E-state index in [1.165, 1.54) is 24.0 Å². The van der Waals surface area contributed by atoms with E-state index in [9.17, 15) is 18.8 Å². The van der Waals surface area contributed by atoms with Crippen LogP contribution in [0.3, 0.4) is 0 Å². The van der Waals surface area contributed by atoms with E-state index in [2.05, 4.69) is 15.7 Å². The van der Waals surface area contributed by atoms with Gasteiger partial charge in [0.1, 0.15) is 17.1 Å². The number of anilines is 2. The van der Waals surface area contributed by atoms with Crippen molar-refractivity contribution in [2.75, 3.05) is 10.2 Å². The normalized spacial score (nSPS) is 17.5. The zero-order chi connectivity index (χ0) is 23.8. The zero-order valence-corrected chi connectivity index (χ0v) is 18.6. The van der Waals surface area contributed by atoms with E-state index < -0.39 is 5.54 Å². The summed E-state index contributed by atoms with van der Waals surface area (Å²) in [5.41, 5.74) is 1.62. The maximum Gasteiger partial charge on any atom is 0.277 e. The molecule has 0 bridgehead atoms. The van der Waals surface area contributed by atoms with E-state index in [4.69, 9.17) is 0 Å². The van der Waals surface area contributed by atoms with Gasteiger partial charge in [-0.3, -0.25) is 24.0 Å². The Morgan fingerprint density at radius 2 is 1.79 bits per heavy atom. The van der Waals surface area contributed by atoms with Crippen molar-refractivity contribution in [2.45, 2.75) is 39.4 Å². The van der Waals surface area contributed by atoms with Crippen LogP contribution in [0.2, 0.25) is 0 Å². The molecule has 1 aliphatic heterocycles. The number of hydrogen-bond acceptors (Lipinski definition) is 4. The third-order valence-corrected chi connectivity index (χ3v) is 5.58. The summed E-state index contributed by atoms with van der Waals surface area (Å²) >= 11 is 0. The average molecular weight is 449 g/mol. The molecule has 0 saturated carbocycles. The van der Waals surface area contributed by atoms with Crippen LogP contribution in [0.1, 0.15) is 35.6 Å². The summed E-state index contributed by atoms with van der Waals surface area (Å²) in [6.45, 7) is 5.23. The molecule has 33 heavy (non-hydrogen) atoms. The van der Waals surface area contributed by atoms with Crippen molar-refractivity contribution in [1.82, 2.24) is 15.1 Å². The number of rotatable bonds is 5. The van der Waals surface area contributed by atoms with Crippen LogP contribution in [0.25, 0.3) is 0 Å². The maximum absolute atomic E-state index is 13.5. The third kappa shape index (κ3) is 4.34.